The molecule has 0 radical (unpaired) electrons. The molecule has 1 saturated heterocycles. The number of carbonyl (C=O) groups is 3. The Morgan fingerprint density at radius 3 is 2.42 bits per heavy atom. The minimum atomic E-state index is -3.03. The number of aliphatic hydroxyl groups excluding tert-OH is 1. The number of anilines is 3. The summed E-state index contributed by atoms with van der Waals surface area (Å²) in [4.78, 5) is 59.0. The summed E-state index contributed by atoms with van der Waals surface area (Å²) >= 11 is 3.62. The Morgan fingerprint density at radius 2 is 1.68 bits per heavy atom. The predicted octanol–water partition coefficient (Wildman–Crippen LogP) is 6.19. The summed E-state index contributed by atoms with van der Waals surface area (Å²) in [6.07, 6.45) is -0.183. The van der Waals surface area contributed by atoms with E-state index in [0.717, 1.165) is 21.2 Å². The Hall–Kier alpha value is -4.33. The van der Waals surface area contributed by atoms with Crippen LogP contribution in [-0.4, -0.2) is 66.2 Å². The van der Waals surface area contributed by atoms with Gasteiger partial charge >= 0.3 is 0 Å². The van der Waals surface area contributed by atoms with E-state index >= 15 is 0 Å². The summed E-state index contributed by atoms with van der Waals surface area (Å²) in [6, 6.07) is 28.3. The van der Waals surface area contributed by atoms with Gasteiger partial charge in [-0.25, -0.2) is 0 Å². The number of aliphatic hydroxyl groups is 1. The maximum atomic E-state index is 15.0. The number of carbonyl (C=O) groups excluding carboxylic acids is 3. The van der Waals surface area contributed by atoms with E-state index in [2.05, 4.69) is 15.9 Å². The van der Waals surface area contributed by atoms with E-state index in [0.29, 0.717) is 41.3 Å². The number of hydrogen-bond acceptors (Lipinski definition) is 7. The SMILES string of the molecule is C[C@@H]1[C@@H]([Si](C)(C)O)[C@H](CC(=O)N2Cc3ccccc3C[C@H]2CO)O[C@@]12C(=O)N(Cc1ccc(N3C(=O)COc4ccccc43)cc1)c1ccc(Br)cc12. The molecule has 12 heteroatoms. The van der Waals surface area contributed by atoms with Crippen LogP contribution in [0.1, 0.15) is 35.6 Å². The van der Waals surface area contributed by atoms with E-state index < -0.39 is 31.5 Å². The van der Waals surface area contributed by atoms with Crippen LogP contribution in [0.15, 0.2) is 95.5 Å². The van der Waals surface area contributed by atoms with E-state index in [1.807, 2.05) is 111 Å². The van der Waals surface area contributed by atoms with E-state index in [-0.39, 0.29) is 49.9 Å². The first-order valence-corrected chi connectivity index (χ1v) is 21.9. The molecule has 0 aliphatic carbocycles. The van der Waals surface area contributed by atoms with Gasteiger partial charge in [-0.2, -0.15) is 0 Å². The summed E-state index contributed by atoms with van der Waals surface area (Å²) in [5.74, 6) is -0.385. The molecule has 10 nitrogen and oxygen atoms in total. The van der Waals surface area contributed by atoms with Gasteiger partial charge in [0.25, 0.3) is 11.8 Å². The minimum Gasteiger partial charge on any atom is -0.482 e. The third kappa shape index (κ3) is 6.00. The van der Waals surface area contributed by atoms with Gasteiger partial charge in [-0.15, -0.1) is 0 Å². The van der Waals surface area contributed by atoms with Crippen LogP contribution in [0.2, 0.25) is 18.6 Å². The van der Waals surface area contributed by atoms with Crippen LogP contribution in [-0.2, 0) is 44.2 Å². The number of ether oxygens (including phenoxy) is 2. The molecular formula is C41H42BrN3O7Si. The van der Waals surface area contributed by atoms with Gasteiger partial charge in [-0.05, 0) is 78.7 Å². The van der Waals surface area contributed by atoms with E-state index in [1.165, 1.54) is 0 Å². The third-order valence-corrected chi connectivity index (χ3v) is 14.4. The van der Waals surface area contributed by atoms with Crippen molar-refractivity contribution in [2.45, 2.75) is 69.2 Å². The maximum absolute atomic E-state index is 15.0. The zero-order valence-corrected chi connectivity index (χ0v) is 32.5. The molecule has 8 rings (SSSR count). The summed E-state index contributed by atoms with van der Waals surface area (Å²) in [7, 11) is -3.03. The maximum Gasteiger partial charge on any atom is 0.269 e. The van der Waals surface area contributed by atoms with Crippen LogP contribution in [0.5, 0.6) is 5.75 Å². The lowest BCUT2D eigenvalue weighted by atomic mass is 9.82. The Morgan fingerprint density at radius 1 is 0.962 bits per heavy atom. The molecule has 4 aliphatic rings. The fourth-order valence-electron chi connectivity index (χ4n) is 9.06. The Bertz CT molecular complexity index is 2110. The molecule has 0 bridgehead atoms. The third-order valence-electron chi connectivity index (χ3n) is 11.5. The van der Waals surface area contributed by atoms with Crippen LogP contribution in [0.4, 0.5) is 17.1 Å². The van der Waals surface area contributed by atoms with E-state index in [9.17, 15) is 24.3 Å². The molecule has 1 spiro atoms. The average molecular weight is 797 g/mol. The van der Waals surface area contributed by atoms with Gasteiger partial charge in [0.2, 0.25) is 5.91 Å². The number of fused-ring (bicyclic) bond motifs is 4. The Labute approximate surface area is 318 Å². The fraction of sp³-hybridized carbons (Fsp3) is 0.341. The molecule has 4 aromatic carbocycles. The summed E-state index contributed by atoms with van der Waals surface area (Å²) in [6.45, 7) is 6.07. The van der Waals surface area contributed by atoms with Crippen molar-refractivity contribution in [2.24, 2.45) is 5.92 Å². The summed E-state index contributed by atoms with van der Waals surface area (Å²) in [5, 5.41) is 10.3. The Kier molecular flexibility index (Phi) is 9.09. The number of para-hydroxylation sites is 2. The summed E-state index contributed by atoms with van der Waals surface area (Å²) in [5.41, 5.74) is 3.96. The molecular weight excluding hydrogens is 754 g/mol. The van der Waals surface area contributed by atoms with Crippen molar-refractivity contribution in [1.29, 1.82) is 0 Å². The highest BCUT2D eigenvalue weighted by Gasteiger charge is 2.66. The van der Waals surface area contributed by atoms with E-state index in [1.54, 1.807) is 14.7 Å². The van der Waals surface area contributed by atoms with Crippen LogP contribution in [0.3, 0.4) is 0 Å². The van der Waals surface area contributed by atoms with Crippen LogP contribution in [0, 0.1) is 5.92 Å². The Balaban J connectivity index is 1.09. The second kappa shape index (κ2) is 13.5. The van der Waals surface area contributed by atoms with Gasteiger partial charge in [0.05, 0.1) is 43.1 Å². The van der Waals surface area contributed by atoms with Crippen molar-refractivity contribution < 1.29 is 33.8 Å². The van der Waals surface area contributed by atoms with Gasteiger partial charge in [0.1, 0.15) is 5.75 Å². The molecule has 274 valence electrons. The first-order valence-electron chi connectivity index (χ1n) is 18.0. The molecule has 4 heterocycles. The van der Waals surface area contributed by atoms with Crippen molar-refractivity contribution in [3.8, 4) is 5.75 Å². The standard InChI is InChI=1S/C41H42BrN3O7Si/c1-25-39(53(2,3)50)36(20-37(47)43-22-28-9-5-4-8-27(28)18-31(43)23-46)52-41(25)32-19-29(42)14-17-33(32)44(40(41)49)21-26-12-15-30(16-13-26)45-34-10-6-7-11-35(34)51-24-38(45)48/h4-17,19,25,31,36,39,46,50H,18,20-24H2,1-3H3/t25-,31+,36+,39-,41+/m1/s1. The van der Waals surface area contributed by atoms with Gasteiger partial charge in [0, 0.05) is 33.7 Å². The van der Waals surface area contributed by atoms with Crippen molar-refractivity contribution in [2.75, 3.05) is 23.0 Å². The highest BCUT2D eigenvalue weighted by Crippen LogP contribution is 2.60. The van der Waals surface area contributed by atoms with E-state index in [4.69, 9.17) is 9.47 Å². The quantitative estimate of drug-likeness (QED) is 0.214. The van der Waals surface area contributed by atoms with Crippen molar-refractivity contribution in [3.63, 3.8) is 0 Å². The van der Waals surface area contributed by atoms with Crippen molar-refractivity contribution in [1.82, 2.24) is 4.90 Å². The lowest BCUT2D eigenvalue weighted by molar-refractivity contribution is -0.151. The fourth-order valence-corrected chi connectivity index (χ4v) is 12.0. The monoisotopic (exact) mass is 795 g/mol. The molecule has 0 unspecified atom stereocenters. The topological polar surface area (TPSA) is 120 Å². The highest BCUT2D eigenvalue weighted by atomic mass is 79.9. The zero-order valence-electron chi connectivity index (χ0n) is 29.9. The van der Waals surface area contributed by atoms with Crippen LogP contribution >= 0.6 is 15.9 Å². The largest absolute Gasteiger partial charge is 0.482 e. The number of hydrogen-bond donors (Lipinski definition) is 2. The molecule has 3 amide bonds. The minimum absolute atomic E-state index is 0.0200. The lowest BCUT2D eigenvalue weighted by Crippen LogP contribution is -2.48. The number of amides is 3. The smallest absolute Gasteiger partial charge is 0.269 e. The first-order chi connectivity index (χ1) is 25.4. The molecule has 5 atom stereocenters. The normalized spacial score (nSPS) is 25.0. The first kappa shape index (κ1) is 35.7. The van der Waals surface area contributed by atoms with Gasteiger partial charge in [-0.1, -0.05) is 71.4 Å². The number of nitrogens with zero attached hydrogens (tertiary/aromatic N) is 3. The molecule has 0 saturated carbocycles. The molecule has 53 heavy (non-hydrogen) atoms. The summed E-state index contributed by atoms with van der Waals surface area (Å²) < 4.78 is 13.4. The molecule has 4 aliphatic heterocycles. The second-order valence-electron chi connectivity index (χ2n) is 15.1. The number of benzene rings is 4. The van der Waals surface area contributed by atoms with Gasteiger partial charge < -0.3 is 29.2 Å². The average Bonchev–Trinajstić information content (AvgIpc) is 3.56. The zero-order chi connectivity index (χ0) is 37.2. The molecule has 2 N–H and O–H groups in total. The highest BCUT2D eigenvalue weighted by molar-refractivity contribution is 9.10. The predicted molar refractivity (Wildman–Crippen MR) is 206 cm³/mol. The lowest BCUT2D eigenvalue weighted by Gasteiger charge is -2.37. The van der Waals surface area contributed by atoms with Crippen LogP contribution in [0.25, 0.3) is 0 Å². The van der Waals surface area contributed by atoms with Crippen molar-refractivity contribution in [3.05, 3.63) is 118 Å². The molecule has 1 fully saturated rings. The number of halogens is 1. The molecule has 0 aromatic heterocycles. The number of rotatable bonds is 7. The molecule has 4 aromatic rings. The van der Waals surface area contributed by atoms with Crippen LogP contribution < -0.4 is 14.5 Å². The second-order valence-corrected chi connectivity index (χ2v) is 20.0. The van der Waals surface area contributed by atoms with Gasteiger partial charge in [0.15, 0.2) is 20.5 Å². The van der Waals surface area contributed by atoms with Crippen molar-refractivity contribution >= 4 is 59.0 Å². The van der Waals surface area contributed by atoms with Gasteiger partial charge in [-0.3, -0.25) is 19.3 Å².